The first-order valence-electron chi connectivity index (χ1n) is 7.01. The molecule has 1 aromatic heterocycles. The van der Waals surface area contributed by atoms with Gasteiger partial charge in [0.15, 0.2) is 0 Å². The summed E-state index contributed by atoms with van der Waals surface area (Å²) in [6.07, 6.45) is 3.38. The zero-order valence-electron chi connectivity index (χ0n) is 12.0. The van der Waals surface area contributed by atoms with Crippen molar-refractivity contribution in [3.8, 4) is 0 Å². The van der Waals surface area contributed by atoms with Crippen LogP contribution in [0.4, 0.5) is 0 Å². The molecule has 2 aromatic rings. The van der Waals surface area contributed by atoms with Crippen LogP contribution in [0.2, 0.25) is 0 Å². The van der Waals surface area contributed by atoms with Crippen LogP contribution >= 0.6 is 0 Å². The van der Waals surface area contributed by atoms with Gasteiger partial charge in [0.05, 0.1) is 5.52 Å². The van der Waals surface area contributed by atoms with E-state index < -0.39 is 0 Å². The van der Waals surface area contributed by atoms with Crippen molar-refractivity contribution in [2.45, 2.75) is 27.2 Å². The number of nitrogens with one attached hydrogen (secondary N) is 1. The van der Waals surface area contributed by atoms with Gasteiger partial charge in [0.2, 0.25) is 0 Å². The molecule has 2 heteroatoms. The molecule has 0 saturated carbocycles. The molecule has 1 N–H and O–H groups in total. The first-order chi connectivity index (χ1) is 9.24. The molecule has 1 heterocycles. The average Bonchev–Trinajstić information content (AvgIpc) is 2.43. The van der Waals surface area contributed by atoms with Gasteiger partial charge in [0.1, 0.15) is 0 Å². The van der Waals surface area contributed by atoms with Gasteiger partial charge in [0, 0.05) is 17.6 Å². The number of nitrogens with zero attached hydrogens (tertiary/aromatic N) is 1. The molecule has 100 valence electrons. The fraction of sp³-hybridized carbons (Fsp3) is 0.353. The maximum Gasteiger partial charge on any atom is 0.0711 e. The van der Waals surface area contributed by atoms with Gasteiger partial charge in [-0.05, 0) is 37.6 Å². The van der Waals surface area contributed by atoms with E-state index in [1.807, 2.05) is 6.07 Å². The first-order valence-corrected chi connectivity index (χ1v) is 7.01. The van der Waals surface area contributed by atoms with E-state index in [0.29, 0.717) is 0 Å². The molecule has 0 fully saturated rings. The third-order valence-electron chi connectivity index (χ3n) is 3.29. The minimum absolute atomic E-state index is 0.961. The summed E-state index contributed by atoms with van der Waals surface area (Å²) in [5.74, 6) is 0. The molecule has 0 spiro atoms. The number of hydrogen-bond donors (Lipinski definition) is 1. The average molecular weight is 254 g/mol. The van der Waals surface area contributed by atoms with E-state index in [1.165, 1.54) is 16.5 Å². The lowest BCUT2D eigenvalue weighted by atomic mass is 10.0. The molecule has 0 aliphatic heterocycles. The third-order valence-corrected chi connectivity index (χ3v) is 3.29. The van der Waals surface area contributed by atoms with Crippen LogP contribution < -0.4 is 5.32 Å². The van der Waals surface area contributed by atoms with Crippen LogP contribution in [-0.4, -0.2) is 18.1 Å². The monoisotopic (exact) mass is 254 g/mol. The Hall–Kier alpha value is -1.67. The molecule has 2 nitrogen and oxygen atoms in total. The van der Waals surface area contributed by atoms with Crippen molar-refractivity contribution in [2.24, 2.45) is 0 Å². The minimum atomic E-state index is 0.961. The number of hydrogen-bond acceptors (Lipinski definition) is 2. The molecule has 0 aliphatic carbocycles. The van der Waals surface area contributed by atoms with Gasteiger partial charge in [-0.2, -0.15) is 0 Å². The Bertz CT molecular complexity index is 585. The Labute approximate surface area is 115 Å². The maximum atomic E-state index is 4.59. The summed E-state index contributed by atoms with van der Waals surface area (Å²) in [5.41, 5.74) is 4.85. The molecule has 2 rings (SSSR count). The zero-order valence-corrected chi connectivity index (χ0v) is 12.0. The first kappa shape index (κ1) is 13.8. The highest BCUT2D eigenvalue weighted by atomic mass is 14.8. The lowest BCUT2D eigenvalue weighted by molar-refractivity contribution is 0.762. The van der Waals surface area contributed by atoms with E-state index in [9.17, 15) is 0 Å². The largest absolute Gasteiger partial charge is 0.313 e. The van der Waals surface area contributed by atoms with E-state index in [4.69, 9.17) is 0 Å². The maximum absolute atomic E-state index is 4.59. The number of rotatable bonds is 5. The molecule has 0 unspecified atom stereocenters. The summed E-state index contributed by atoms with van der Waals surface area (Å²) < 4.78 is 0. The van der Waals surface area contributed by atoms with E-state index >= 15 is 0 Å². The van der Waals surface area contributed by atoms with Gasteiger partial charge >= 0.3 is 0 Å². The normalized spacial score (nSPS) is 12.1. The Kier molecular flexibility index (Phi) is 4.69. The summed E-state index contributed by atoms with van der Waals surface area (Å²) in [5, 5.41) is 4.63. The fourth-order valence-corrected chi connectivity index (χ4v) is 2.24. The van der Waals surface area contributed by atoms with Crippen molar-refractivity contribution in [2.75, 3.05) is 13.1 Å². The van der Waals surface area contributed by atoms with Crippen molar-refractivity contribution in [1.82, 2.24) is 10.3 Å². The number of para-hydroxylation sites is 1. The Balaban J connectivity index is 2.45. The second-order valence-corrected chi connectivity index (χ2v) is 4.81. The van der Waals surface area contributed by atoms with Crippen molar-refractivity contribution in [3.63, 3.8) is 0 Å². The second-order valence-electron chi connectivity index (χ2n) is 4.81. The van der Waals surface area contributed by atoms with E-state index in [0.717, 1.165) is 30.7 Å². The Morgan fingerprint density at radius 1 is 1.26 bits per heavy atom. The summed E-state index contributed by atoms with van der Waals surface area (Å²) in [4.78, 5) is 4.59. The summed E-state index contributed by atoms with van der Waals surface area (Å²) in [6.45, 7) is 8.37. The molecule has 0 amide bonds. The topological polar surface area (TPSA) is 24.9 Å². The lowest BCUT2D eigenvalue weighted by Crippen LogP contribution is -2.15. The minimum Gasteiger partial charge on any atom is -0.313 e. The molecule has 0 bridgehead atoms. The Morgan fingerprint density at radius 2 is 2.05 bits per heavy atom. The van der Waals surface area contributed by atoms with Crippen LogP contribution in [0, 0.1) is 6.92 Å². The molecular weight excluding hydrogens is 232 g/mol. The second kappa shape index (κ2) is 6.48. The van der Waals surface area contributed by atoms with Crippen molar-refractivity contribution >= 4 is 17.0 Å². The van der Waals surface area contributed by atoms with Gasteiger partial charge in [0.25, 0.3) is 0 Å². The van der Waals surface area contributed by atoms with E-state index in [2.05, 4.69) is 61.4 Å². The SMILES string of the molecule is CCNCC(=Cc1cc(C)nc2ccccc12)CC. The predicted molar refractivity (Wildman–Crippen MR) is 83.3 cm³/mol. The molecule has 0 saturated heterocycles. The van der Waals surface area contributed by atoms with Crippen LogP contribution in [0.1, 0.15) is 31.5 Å². The van der Waals surface area contributed by atoms with E-state index in [-0.39, 0.29) is 0 Å². The number of likely N-dealkylation sites (N-methyl/N-ethyl adjacent to an activating group) is 1. The number of pyridine rings is 1. The predicted octanol–water partition coefficient (Wildman–Crippen LogP) is 3.95. The third kappa shape index (κ3) is 3.42. The molecule has 0 aliphatic rings. The van der Waals surface area contributed by atoms with Gasteiger partial charge in [-0.15, -0.1) is 0 Å². The van der Waals surface area contributed by atoms with Crippen LogP contribution in [0.25, 0.3) is 17.0 Å². The highest BCUT2D eigenvalue weighted by molar-refractivity contribution is 5.88. The van der Waals surface area contributed by atoms with Gasteiger partial charge in [-0.25, -0.2) is 0 Å². The van der Waals surface area contributed by atoms with Crippen LogP contribution in [-0.2, 0) is 0 Å². The molecule has 0 radical (unpaired) electrons. The number of benzene rings is 1. The smallest absolute Gasteiger partial charge is 0.0711 e. The van der Waals surface area contributed by atoms with Crippen molar-refractivity contribution < 1.29 is 0 Å². The molecule has 19 heavy (non-hydrogen) atoms. The molecule has 1 aromatic carbocycles. The molecule has 0 atom stereocenters. The fourth-order valence-electron chi connectivity index (χ4n) is 2.24. The van der Waals surface area contributed by atoms with Crippen LogP contribution in [0.5, 0.6) is 0 Å². The van der Waals surface area contributed by atoms with Gasteiger partial charge in [-0.3, -0.25) is 4.98 Å². The van der Waals surface area contributed by atoms with Crippen molar-refractivity contribution in [3.05, 3.63) is 47.2 Å². The Morgan fingerprint density at radius 3 is 2.79 bits per heavy atom. The quantitative estimate of drug-likeness (QED) is 0.874. The van der Waals surface area contributed by atoms with E-state index in [1.54, 1.807) is 0 Å². The van der Waals surface area contributed by atoms with Crippen LogP contribution in [0.15, 0.2) is 35.9 Å². The van der Waals surface area contributed by atoms with Crippen molar-refractivity contribution in [1.29, 1.82) is 0 Å². The number of aromatic nitrogens is 1. The number of aryl methyl sites for hydroxylation is 1. The van der Waals surface area contributed by atoms with Crippen LogP contribution in [0.3, 0.4) is 0 Å². The highest BCUT2D eigenvalue weighted by Crippen LogP contribution is 2.21. The standard InChI is InChI=1S/C17H22N2/c1-4-14(12-18-5-2)11-15-10-13(3)19-17-9-7-6-8-16(15)17/h6-11,18H,4-5,12H2,1-3H3. The molecular formula is C17H22N2. The highest BCUT2D eigenvalue weighted by Gasteiger charge is 2.02. The van der Waals surface area contributed by atoms with Gasteiger partial charge < -0.3 is 5.32 Å². The zero-order chi connectivity index (χ0) is 13.7. The summed E-state index contributed by atoms with van der Waals surface area (Å²) in [6, 6.07) is 10.5. The summed E-state index contributed by atoms with van der Waals surface area (Å²) in [7, 11) is 0. The summed E-state index contributed by atoms with van der Waals surface area (Å²) >= 11 is 0. The van der Waals surface area contributed by atoms with Gasteiger partial charge in [-0.1, -0.05) is 43.7 Å². The lowest BCUT2D eigenvalue weighted by Gasteiger charge is -2.08. The number of fused-ring (bicyclic) bond motifs is 1.